The van der Waals surface area contributed by atoms with Crippen molar-refractivity contribution in [3.05, 3.63) is 28.3 Å². The van der Waals surface area contributed by atoms with Crippen LogP contribution in [0.5, 0.6) is 5.75 Å². The fraction of sp³-hybridized carbons (Fsp3) is 0.647. The van der Waals surface area contributed by atoms with Crippen LogP contribution >= 0.6 is 11.6 Å². The Labute approximate surface area is 125 Å². The Morgan fingerprint density at radius 2 is 2.10 bits per heavy atom. The SMILES string of the molecule is CNC(Cc1cc(Cl)cc2c1OCC2)C1CC2CC2C1. The van der Waals surface area contributed by atoms with Gasteiger partial charge in [0.15, 0.2) is 0 Å². The minimum Gasteiger partial charge on any atom is -0.493 e. The van der Waals surface area contributed by atoms with Gasteiger partial charge in [-0.3, -0.25) is 0 Å². The predicted molar refractivity (Wildman–Crippen MR) is 81.5 cm³/mol. The first-order chi connectivity index (χ1) is 9.74. The molecule has 20 heavy (non-hydrogen) atoms. The van der Waals surface area contributed by atoms with Crippen LogP contribution in [0.15, 0.2) is 12.1 Å². The normalized spacial score (nSPS) is 31.6. The Balaban J connectivity index is 1.55. The predicted octanol–water partition coefficient (Wildman–Crippen LogP) is 3.45. The summed E-state index contributed by atoms with van der Waals surface area (Å²) in [6, 6.07) is 4.73. The molecule has 2 aliphatic carbocycles. The maximum atomic E-state index is 6.27. The Morgan fingerprint density at radius 1 is 1.30 bits per heavy atom. The van der Waals surface area contributed by atoms with Crippen LogP contribution in [-0.4, -0.2) is 19.7 Å². The summed E-state index contributed by atoms with van der Waals surface area (Å²) in [5.41, 5.74) is 2.58. The van der Waals surface area contributed by atoms with E-state index in [0.717, 1.165) is 48.0 Å². The molecule has 3 heteroatoms. The first-order valence-electron chi connectivity index (χ1n) is 7.86. The molecule has 0 bridgehead atoms. The topological polar surface area (TPSA) is 21.3 Å². The highest BCUT2D eigenvalue weighted by Gasteiger charge is 2.47. The molecule has 3 atom stereocenters. The van der Waals surface area contributed by atoms with Crippen LogP contribution < -0.4 is 10.1 Å². The molecule has 3 unspecified atom stereocenters. The lowest BCUT2D eigenvalue weighted by molar-refractivity contribution is 0.332. The van der Waals surface area contributed by atoms with Gasteiger partial charge in [-0.15, -0.1) is 0 Å². The second-order valence-corrected chi connectivity index (χ2v) is 7.17. The van der Waals surface area contributed by atoms with Crippen LogP contribution in [-0.2, 0) is 12.8 Å². The average molecular weight is 292 g/mol. The zero-order chi connectivity index (χ0) is 13.7. The molecule has 1 aliphatic heterocycles. The minimum absolute atomic E-state index is 0.564. The van der Waals surface area contributed by atoms with Gasteiger partial charge in [-0.2, -0.15) is 0 Å². The Hall–Kier alpha value is -0.730. The lowest BCUT2D eigenvalue weighted by Crippen LogP contribution is -2.35. The second kappa shape index (κ2) is 4.92. The van der Waals surface area contributed by atoms with Gasteiger partial charge >= 0.3 is 0 Å². The number of fused-ring (bicyclic) bond motifs is 2. The summed E-state index contributed by atoms with van der Waals surface area (Å²) in [5.74, 6) is 4.02. The van der Waals surface area contributed by atoms with Gasteiger partial charge in [0, 0.05) is 17.5 Å². The summed E-state index contributed by atoms with van der Waals surface area (Å²) >= 11 is 6.27. The number of hydrogen-bond acceptors (Lipinski definition) is 2. The zero-order valence-corrected chi connectivity index (χ0v) is 12.7. The molecule has 4 rings (SSSR count). The smallest absolute Gasteiger partial charge is 0.125 e. The minimum atomic E-state index is 0.564. The Kier molecular flexibility index (Phi) is 3.19. The average Bonchev–Trinajstić information content (AvgIpc) is 2.87. The third kappa shape index (κ3) is 2.23. The van der Waals surface area contributed by atoms with Crippen LogP contribution in [0.1, 0.15) is 30.4 Å². The quantitative estimate of drug-likeness (QED) is 0.917. The molecule has 1 aromatic rings. The van der Waals surface area contributed by atoms with Gasteiger partial charge < -0.3 is 10.1 Å². The molecule has 0 radical (unpaired) electrons. The van der Waals surface area contributed by atoms with E-state index in [1.165, 1.54) is 30.4 Å². The summed E-state index contributed by atoms with van der Waals surface area (Å²) in [4.78, 5) is 0. The van der Waals surface area contributed by atoms with Crippen molar-refractivity contribution in [2.45, 2.75) is 38.1 Å². The van der Waals surface area contributed by atoms with Gasteiger partial charge in [-0.05, 0) is 73.7 Å². The third-order valence-corrected chi connectivity index (χ3v) is 5.70. The highest BCUT2D eigenvalue weighted by atomic mass is 35.5. The van der Waals surface area contributed by atoms with E-state index >= 15 is 0 Å². The van der Waals surface area contributed by atoms with E-state index in [-0.39, 0.29) is 0 Å². The van der Waals surface area contributed by atoms with E-state index in [4.69, 9.17) is 16.3 Å². The molecule has 1 heterocycles. The van der Waals surface area contributed by atoms with Crippen molar-refractivity contribution in [1.29, 1.82) is 0 Å². The molecule has 108 valence electrons. The number of rotatable bonds is 4. The van der Waals surface area contributed by atoms with Gasteiger partial charge in [0.05, 0.1) is 6.61 Å². The van der Waals surface area contributed by atoms with Crippen molar-refractivity contribution in [3.63, 3.8) is 0 Å². The van der Waals surface area contributed by atoms with E-state index < -0.39 is 0 Å². The first-order valence-corrected chi connectivity index (χ1v) is 8.23. The van der Waals surface area contributed by atoms with Crippen LogP contribution in [0.25, 0.3) is 0 Å². The summed E-state index contributed by atoms with van der Waals surface area (Å²) in [6.07, 6.45) is 6.37. The number of ether oxygens (including phenoxy) is 1. The van der Waals surface area contributed by atoms with Gasteiger partial charge in [0.1, 0.15) is 5.75 Å². The lowest BCUT2D eigenvalue weighted by atomic mass is 9.89. The number of benzene rings is 1. The Morgan fingerprint density at radius 3 is 2.85 bits per heavy atom. The van der Waals surface area contributed by atoms with Crippen LogP contribution in [0.2, 0.25) is 5.02 Å². The maximum absolute atomic E-state index is 6.27. The van der Waals surface area contributed by atoms with E-state index in [9.17, 15) is 0 Å². The molecule has 0 amide bonds. The molecule has 0 spiro atoms. The summed E-state index contributed by atoms with van der Waals surface area (Å²) < 4.78 is 5.84. The maximum Gasteiger partial charge on any atom is 0.125 e. The fourth-order valence-electron chi connectivity index (χ4n) is 4.33. The molecule has 2 saturated carbocycles. The van der Waals surface area contributed by atoms with Crippen molar-refractivity contribution in [2.24, 2.45) is 17.8 Å². The van der Waals surface area contributed by atoms with Crippen LogP contribution in [0, 0.1) is 17.8 Å². The fourth-order valence-corrected chi connectivity index (χ4v) is 4.59. The van der Waals surface area contributed by atoms with E-state index in [1.807, 2.05) is 0 Å². The van der Waals surface area contributed by atoms with Gasteiger partial charge in [0.25, 0.3) is 0 Å². The van der Waals surface area contributed by atoms with Crippen molar-refractivity contribution in [2.75, 3.05) is 13.7 Å². The second-order valence-electron chi connectivity index (χ2n) is 6.74. The molecular formula is C17H22ClNO. The van der Waals surface area contributed by atoms with Crippen molar-refractivity contribution >= 4 is 11.6 Å². The summed E-state index contributed by atoms with van der Waals surface area (Å²) in [5, 5.41) is 4.40. The molecular weight excluding hydrogens is 270 g/mol. The molecule has 1 N–H and O–H groups in total. The number of likely N-dealkylation sites (N-methyl/N-ethyl adjacent to an activating group) is 1. The molecule has 2 fully saturated rings. The van der Waals surface area contributed by atoms with Gasteiger partial charge in [-0.1, -0.05) is 11.6 Å². The first kappa shape index (κ1) is 13.0. The van der Waals surface area contributed by atoms with Crippen LogP contribution in [0.3, 0.4) is 0 Å². The van der Waals surface area contributed by atoms with Gasteiger partial charge in [0.2, 0.25) is 0 Å². The lowest BCUT2D eigenvalue weighted by Gasteiger charge is -2.25. The van der Waals surface area contributed by atoms with Gasteiger partial charge in [-0.25, -0.2) is 0 Å². The molecule has 0 saturated heterocycles. The van der Waals surface area contributed by atoms with Crippen molar-refractivity contribution in [3.8, 4) is 5.75 Å². The van der Waals surface area contributed by atoms with Crippen molar-refractivity contribution < 1.29 is 4.74 Å². The molecule has 3 aliphatic rings. The van der Waals surface area contributed by atoms with Crippen LogP contribution in [0.4, 0.5) is 0 Å². The van der Waals surface area contributed by atoms with E-state index in [0.29, 0.717) is 6.04 Å². The number of halogens is 1. The molecule has 2 nitrogen and oxygen atoms in total. The standard InChI is InChI=1S/C17H22ClNO/c1-19-16(13-5-11-4-12(11)6-13)9-14-8-15(18)7-10-2-3-20-17(10)14/h7-8,11-13,16,19H,2-6,9H2,1H3. The summed E-state index contributed by atoms with van der Waals surface area (Å²) in [6.45, 7) is 0.806. The Bertz CT molecular complexity index is 520. The monoisotopic (exact) mass is 291 g/mol. The molecule has 1 aromatic carbocycles. The van der Waals surface area contributed by atoms with Crippen molar-refractivity contribution in [1.82, 2.24) is 5.32 Å². The molecule has 0 aromatic heterocycles. The summed E-state index contributed by atoms with van der Waals surface area (Å²) in [7, 11) is 2.10. The van der Waals surface area contributed by atoms with E-state index in [2.05, 4.69) is 24.5 Å². The number of hydrogen-bond donors (Lipinski definition) is 1. The number of nitrogens with one attached hydrogen (secondary N) is 1. The largest absolute Gasteiger partial charge is 0.493 e. The highest BCUT2D eigenvalue weighted by Crippen LogP contribution is 2.55. The highest BCUT2D eigenvalue weighted by molar-refractivity contribution is 6.30. The zero-order valence-electron chi connectivity index (χ0n) is 12.0. The third-order valence-electron chi connectivity index (χ3n) is 5.49. The van der Waals surface area contributed by atoms with E-state index in [1.54, 1.807) is 0 Å².